The van der Waals surface area contributed by atoms with Crippen molar-refractivity contribution in [1.82, 2.24) is 29.6 Å². The first kappa shape index (κ1) is 41.8. The summed E-state index contributed by atoms with van der Waals surface area (Å²) in [5, 5.41) is 12.0. The summed E-state index contributed by atoms with van der Waals surface area (Å²) in [5.74, 6) is 0.0724. The molecule has 2 aromatic carbocycles. The van der Waals surface area contributed by atoms with Crippen LogP contribution in [0.2, 0.25) is 0 Å². The number of aryl methyl sites for hydroxylation is 2. The number of primary amides is 2. The Balaban J connectivity index is 1.42. The van der Waals surface area contributed by atoms with Gasteiger partial charge in [-0.2, -0.15) is 5.10 Å². The van der Waals surface area contributed by atoms with Gasteiger partial charge in [0.2, 0.25) is 11.8 Å². The summed E-state index contributed by atoms with van der Waals surface area (Å²) < 4.78 is 26.6. The van der Waals surface area contributed by atoms with Crippen molar-refractivity contribution in [3.8, 4) is 23.0 Å². The molecular formula is C40H52N10O7. The Bertz CT molecular complexity index is 2270. The Labute approximate surface area is 330 Å². The number of alkyl carbamates (subject to hydrolysis) is 1. The zero-order valence-electron chi connectivity index (χ0n) is 33.3. The lowest BCUT2D eigenvalue weighted by Crippen LogP contribution is -2.33. The lowest BCUT2D eigenvalue weighted by molar-refractivity contribution is 0.0525. The predicted octanol–water partition coefficient (Wildman–Crippen LogP) is 4.93. The Morgan fingerprint density at radius 1 is 0.912 bits per heavy atom. The number of ether oxygens (including phenoxy) is 4. The summed E-state index contributed by atoms with van der Waals surface area (Å²) in [4.78, 5) is 46.3. The largest absolute Gasteiger partial charge is 0.491 e. The highest BCUT2D eigenvalue weighted by atomic mass is 16.6. The van der Waals surface area contributed by atoms with Gasteiger partial charge >= 0.3 is 6.09 Å². The van der Waals surface area contributed by atoms with Crippen LogP contribution in [0.3, 0.4) is 0 Å². The fourth-order valence-corrected chi connectivity index (χ4v) is 6.14. The van der Waals surface area contributed by atoms with Crippen LogP contribution in [0.4, 0.5) is 16.2 Å². The maximum atomic E-state index is 12.5. The Morgan fingerprint density at radius 2 is 1.61 bits per heavy atom. The molecule has 8 N–H and O–H groups in total. The first-order chi connectivity index (χ1) is 27.2. The molecular weight excluding hydrogens is 733 g/mol. The predicted molar refractivity (Wildman–Crippen MR) is 219 cm³/mol. The Kier molecular flexibility index (Phi) is 13.6. The number of benzene rings is 2. The molecule has 0 spiro atoms. The maximum Gasteiger partial charge on any atom is 0.407 e. The summed E-state index contributed by atoms with van der Waals surface area (Å²) in [5.41, 5.74) is 21.3. The number of nitrogens with one attached hydrogen (secondary N) is 2. The van der Waals surface area contributed by atoms with E-state index in [1.807, 2.05) is 41.3 Å². The van der Waals surface area contributed by atoms with E-state index in [4.69, 9.17) is 46.1 Å². The molecule has 0 unspecified atom stereocenters. The highest BCUT2D eigenvalue weighted by Gasteiger charge is 2.21. The minimum Gasteiger partial charge on any atom is -0.491 e. The first-order valence-corrected chi connectivity index (χ1v) is 18.7. The van der Waals surface area contributed by atoms with Crippen LogP contribution >= 0.6 is 0 Å². The van der Waals surface area contributed by atoms with Gasteiger partial charge in [0.1, 0.15) is 34.1 Å². The van der Waals surface area contributed by atoms with Crippen molar-refractivity contribution in [1.29, 1.82) is 0 Å². The van der Waals surface area contributed by atoms with Gasteiger partial charge in [0.25, 0.3) is 0 Å². The van der Waals surface area contributed by atoms with Gasteiger partial charge in [-0.15, -0.1) is 0 Å². The number of nitrogen functional groups attached to an aromatic ring is 1. The Morgan fingerprint density at radius 3 is 2.32 bits per heavy atom. The smallest absolute Gasteiger partial charge is 0.407 e. The highest BCUT2D eigenvalue weighted by Crippen LogP contribution is 2.37. The van der Waals surface area contributed by atoms with Gasteiger partial charge in [-0.1, -0.05) is 12.2 Å². The van der Waals surface area contributed by atoms with Crippen LogP contribution in [-0.2, 0) is 22.6 Å². The molecule has 3 aromatic heterocycles. The molecule has 0 aliphatic rings. The number of hydrogen-bond donors (Lipinski definition) is 5. The summed E-state index contributed by atoms with van der Waals surface area (Å²) in [7, 11) is 1.63. The second kappa shape index (κ2) is 18.5. The fraction of sp³-hybridized carbons (Fsp3) is 0.400. The minimum atomic E-state index is -0.651. The number of carbonyl (C=O) groups excluding carboxylic acids is 3. The van der Waals surface area contributed by atoms with Crippen LogP contribution in [0.5, 0.6) is 11.5 Å². The summed E-state index contributed by atoms with van der Waals surface area (Å²) >= 11 is 0. The van der Waals surface area contributed by atoms with Crippen LogP contribution in [-0.4, -0.2) is 87.8 Å². The number of nitrogens with zero attached hydrogens (tertiary/aromatic N) is 5. The number of fused-ring (bicyclic) bond motifs is 3. The molecule has 0 saturated carbocycles. The van der Waals surface area contributed by atoms with E-state index in [-0.39, 0.29) is 17.9 Å². The van der Waals surface area contributed by atoms with Crippen molar-refractivity contribution in [3.05, 3.63) is 65.5 Å². The van der Waals surface area contributed by atoms with E-state index in [9.17, 15) is 14.4 Å². The third-order valence-corrected chi connectivity index (χ3v) is 8.64. The van der Waals surface area contributed by atoms with Crippen molar-refractivity contribution in [2.45, 2.75) is 66.2 Å². The third-order valence-electron chi connectivity index (χ3n) is 8.64. The van der Waals surface area contributed by atoms with E-state index in [1.165, 1.54) is 12.1 Å². The molecule has 57 heavy (non-hydrogen) atoms. The molecule has 304 valence electrons. The van der Waals surface area contributed by atoms with Gasteiger partial charge < -0.3 is 51.3 Å². The molecule has 17 nitrogen and oxygen atoms in total. The number of methoxy groups -OCH3 is 1. The van der Waals surface area contributed by atoms with E-state index < -0.39 is 23.5 Å². The van der Waals surface area contributed by atoms with Crippen LogP contribution in [0.25, 0.3) is 33.5 Å². The topological polar surface area (TPSA) is 239 Å². The van der Waals surface area contributed by atoms with Crippen molar-refractivity contribution in [3.63, 3.8) is 0 Å². The highest BCUT2D eigenvalue weighted by molar-refractivity contribution is 6.11. The van der Waals surface area contributed by atoms with Gasteiger partial charge in [0, 0.05) is 74.4 Å². The maximum absolute atomic E-state index is 12.5. The summed E-state index contributed by atoms with van der Waals surface area (Å²) in [6.45, 7) is 12.0. The Hall–Kier alpha value is -6.36. The molecule has 5 aromatic rings. The van der Waals surface area contributed by atoms with Crippen LogP contribution < -0.4 is 37.3 Å². The van der Waals surface area contributed by atoms with Gasteiger partial charge in [0.05, 0.1) is 30.1 Å². The van der Waals surface area contributed by atoms with E-state index in [0.717, 1.165) is 22.3 Å². The normalized spacial score (nSPS) is 11.7. The number of allylic oxidation sites excluding steroid dienone is 1. The van der Waals surface area contributed by atoms with Crippen molar-refractivity contribution < 1.29 is 33.3 Å². The molecule has 3 amide bonds. The number of nitrogens with two attached hydrogens (primary N) is 3. The molecule has 0 radical (unpaired) electrons. The van der Waals surface area contributed by atoms with Crippen LogP contribution in [0.1, 0.15) is 66.9 Å². The number of carbonyl (C=O) groups is 3. The molecule has 0 bridgehead atoms. The van der Waals surface area contributed by atoms with Gasteiger partial charge in [-0.3, -0.25) is 14.3 Å². The second-order valence-corrected chi connectivity index (χ2v) is 14.2. The fourth-order valence-electron chi connectivity index (χ4n) is 6.14. The molecule has 3 heterocycles. The van der Waals surface area contributed by atoms with E-state index in [2.05, 4.69) is 15.7 Å². The zero-order valence-corrected chi connectivity index (χ0v) is 33.3. The lowest BCUT2D eigenvalue weighted by Gasteiger charge is -2.19. The monoisotopic (exact) mass is 784 g/mol. The molecule has 0 fully saturated rings. The first-order valence-electron chi connectivity index (χ1n) is 18.7. The van der Waals surface area contributed by atoms with Crippen LogP contribution in [0.15, 0.2) is 48.7 Å². The standard InChI is InChI=1S/C40H52N10O7/c1-7-50-30(18-24(2)48-50)37-46-23-28-27-19-25(35(42)51)22-32(56-17-11-15-54-6)34(27)49(38(28)47-37)14-9-8-12-44-33-29(41)20-26(36(43)52)21-31(33)55-16-10-13-45-39(53)57-40(3,4)5/h8-9,18-23,44H,7,10-17,41H2,1-6H3,(H2,42,51)(H2,43,52)(H,45,53)/b9-8+. The molecule has 17 heteroatoms. The molecule has 0 aliphatic heterocycles. The minimum absolute atomic E-state index is 0.195. The van der Waals surface area contributed by atoms with Crippen LogP contribution in [0, 0.1) is 6.92 Å². The van der Waals surface area contributed by atoms with Crippen molar-refractivity contribution >= 4 is 51.2 Å². The van der Waals surface area contributed by atoms with Gasteiger partial charge in [0.15, 0.2) is 5.82 Å². The third kappa shape index (κ3) is 10.5. The number of rotatable bonds is 19. The number of aromatic nitrogens is 5. The molecule has 0 atom stereocenters. The average molecular weight is 785 g/mol. The molecule has 0 saturated heterocycles. The number of amides is 3. The zero-order chi connectivity index (χ0) is 41.3. The number of anilines is 2. The summed E-state index contributed by atoms with van der Waals surface area (Å²) in [6.07, 6.45) is 6.20. The number of hydrogen-bond acceptors (Lipinski definition) is 12. The SMILES string of the molecule is CCn1nc(C)cc1-c1ncc2c3cc(C(N)=O)cc(OCCCOC)c3n(C/C=C/CNc3c(N)cc(C(N)=O)cc3OCCCNC(=O)OC(C)(C)C)c2n1. The quantitative estimate of drug-likeness (QED) is 0.0426. The lowest BCUT2D eigenvalue weighted by atomic mass is 10.1. The van der Waals surface area contributed by atoms with Crippen molar-refractivity contribution in [2.75, 3.05) is 51.1 Å². The molecule has 0 aliphatic carbocycles. The average Bonchev–Trinajstić information content (AvgIpc) is 3.69. The van der Waals surface area contributed by atoms with E-state index >= 15 is 0 Å². The van der Waals surface area contributed by atoms with Crippen molar-refractivity contribution in [2.24, 2.45) is 11.5 Å². The van der Waals surface area contributed by atoms with E-state index in [1.54, 1.807) is 46.2 Å². The summed E-state index contributed by atoms with van der Waals surface area (Å²) in [6, 6.07) is 8.35. The van der Waals surface area contributed by atoms with E-state index in [0.29, 0.717) is 91.8 Å². The van der Waals surface area contributed by atoms with Gasteiger partial charge in [-0.25, -0.2) is 14.8 Å². The van der Waals surface area contributed by atoms with Gasteiger partial charge in [-0.05, 0) is 71.4 Å². The molecule has 5 rings (SSSR count). The second-order valence-electron chi connectivity index (χ2n) is 14.2.